The quantitative estimate of drug-likeness (QED) is 0.222. The zero-order chi connectivity index (χ0) is 20.5. The van der Waals surface area contributed by atoms with E-state index >= 15 is 0 Å². The molecule has 3 N–H and O–H groups in total. The van der Waals surface area contributed by atoms with E-state index in [1.807, 2.05) is 20.8 Å². The highest BCUT2D eigenvalue weighted by atomic mass is 127. The molecule has 1 atom stereocenters. The monoisotopic (exact) mass is 533 g/mol. The molecule has 1 saturated heterocycles. The fraction of sp³-hybridized carbons (Fsp3) is 0.944. The van der Waals surface area contributed by atoms with E-state index in [4.69, 9.17) is 4.74 Å². The summed E-state index contributed by atoms with van der Waals surface area (Å²) >= 11 is 0. The number of halogens is 1. The molecule has 0 aromatic heterocycles. The number of hydrogen-bond donors (Lipinski definition) is 3. The molecule has 28 heavy (non-hydrogen) atoms. The van der Waals surface area contributed by atoms with Gasteiger partial charge in [0.1, 0.15) is 0 Å². The van der Waals surface area contributed by atoms with Gasteiger partial charge in [0, 0.05) is 37.8 Å². The molecule has 0 aromatic rings. The molecule has 168 valence electrons. The summed E-state index contributed by atoms with van der Waals surface area (Å²) in [6.07, 6.45) is 2.27. The fourth-order valence-corrected chi connectivity index (χ4v) is 4.28. The number of sulfonamides is 1. The molecule has 1 aliphatic heterocycles. The van der Waals surface area contributed by atoms with Crippen LogP contribution in [0.25, 0.3) is 0 Å². The van der Waals surface area contributed by atoms with Gasteiger partial charge in [-0.1, -0.05) is 13.8 Å². The van der Waals surface area contributed by atoms with Crippen molar-refractivity contribution in [2.24, 2.45) is 10.9 Å². The summed E-state index contributed by atoms with van der Waals surface area (Å²) in [5.74, 6) is 1.32. The zero-order valence-corrected chi connectivity index (χ0v) is 21.4. The molecule has 10 heteroatoms. The third kappa shape index (κ3) is 12.4. The predicted octanol–water partition coefficient (Wildman–Crippen LogP) is 1.23. The van der Waals surface area contributed by atoms with E-state index in [1.54, 1.807) is 0 Å². The molecule has 0 amide bonds. The average molecular weight is 534 g/mol. The van der Waals surface area contributed by atoms with Crippen LogP contribution in [0, 0.1) is 5.92 Å². The Kier molecular flexibility index (Phi) is 13.1. The van der Waals surface area contributed by atoms with Gasteiger partial charge in [0.15, 0.2) is 5.96 Å². The van der Waals surface area contributed by atoms with Gasteiger partial charge in [0.05, 0.1) is 26.0 Å². The molecule has 1 heterocycles. The van der Waals surface area contributed by atoms with Gasteiger partial charge in [0.2, 0.25) is 10.0 Å². The topological polar surface area (TPSA) is 95.1 Å². The Morgan fingerprint density at radius 1 is 1.21 bits per heavy atom. The first-order chi connectivity index (χ1) is 12.5. The molecule has 0 aliphatic carbocycles. The van der Waals surface area contributed by atoms with Crippen molar-refractivity contribution in [1.82, 2.24) is 20.3 Å². The third-order valence-corrected chi connectivity index (χ3v) is 5.17. The maximum atomic E-state index is 11.5. The second-order valence-corrected chi connectivity index (χ2v) is 10.0. The number of guanidine groups is 1. The fourth-order valence-electron chi connectivity index (χ4n) is 3.22. The normalized spacial score (nSPS) is 17.9. The van der Waals surface area contributed by atoms with E-state index in [0.717, 1.165) is 45.8 Å². The molecule has 8 nitrogen and oxygen atoms in total. The number of aliphatic imine (C=N–C) groups is 1. The smallest absolute Gasteiger partial charge is 0.209 e. The Hall–Kier alpha value is -0.170. The minimum Gasteiger partial charge on any atom is -0.379 e. The highest BCUT2D eigenvalue weighted by molar-refractivity contribution is 14.0. The summed E-state index contributed by atoms with van der Waals surface area (Å²) in [5, 5.41) is 6.69. The molecule has 0 spiro atoms. The lowest BCUT2D eigenvalue weighted by molar-refractivity contribution is 0.0132. The van der Waals surface area contributed by atoms with E-state index in [1.165, 1.54) is 6.26 Å². The number of morpholine rings is 1. The van der Waals surface area contributed by atoms with Crippen molar-refractivity contribution in [3.8, 4) is 0 Å². The molecule has 1 aliphatic rings. The first-order valence-electron chi connectivity index (χ1n) is 9.85. The summed E-state index contributed by atoms with van der Waals surface area (Å²) in [6.45, 7) is 15.5. The Morgan fingerprint density at radius 2 is 1.82 bits per heavy atom. The summed E-state index contributed by atoms with van der Waals surface area (Å²) in [7, 11) is -3.27. The minimum absolute atomic E-state index is 0. The van der Waals surface area contributed by atoms with Crippen molar-refractivity contribution in [2.75, 3.05) is 52.2 Å². The molecule has 0 radical (unpaired) electrons. The molecular formula is C18H40IN5O3S. The van der Waals surface area contributed by atoms with E-state index < -0.39 is 15.6 Å². The average Bonchev–Trinajstić information content (AvgIpc) is 2.54. The first kappa shape index (κ1) is 27.8. The summed E-state index contributed by atoms with van der Waals surface area (Å²) in [4.78, 5) is 7.07. The van der Waals surface area contributed by atoms with E-state index in [9.17, 15) is 8.42 Å². The lowest BCUT2D eigenvalue weighted by Crippen LogP contribution is -2.51. The number of rotatable bonds is 10. The number of hydrogen-bond acceptors (Lipinski definition) is 5. The van der Waals surface area contributed by atoms with Crippen LogP contribution in [0.5, 0.6) is 0 Å². The second kappa shape index (κ2) is 13.2. The first-order valence-corrected chi connectivity index (χ1v) is 11.7. The molecule has 0 bridgehead atoms. The van der Waals surface area contributed by atoms with Crippen molar-refractivity contribution in [1.29, 1.82) is 0 Å². The number of nitrogens with one attached hydrogen (secondary N) is 3. The van der Waals surface area contributed by atoms with Gasteiger partial charge in [-0.15, -0.1) is 24.0 Å². The molecule has 1 unspecified atom stereocenters. The Labute approximate surface area is 188 Å². The maximum absolute atomic E-state index is 11.5. The molecular weight excluding hydrogens is 493 g/mol. The summed E-state index contributed by atoms with van der Waals surface area (Å²) < 4.78 is 31.1. The lowest BCUT2D eigenvalue weighted by atomic mass is 10.0. The Bertz CT molecular complexity index is 564. The largest absolute Gasteiger partial charge is 0.379 e. The van der Waals surface area contributed by atoms with Crippen molar-refractivity contribution >= 4 is 40.0 Å². The van der Waals surface area contributed by atoms with Gasteiger partial charge in [0.25, 0.3) is 0 Å². The van der Waals surface area contributed by atoms with Crippen LogP contribution in [0.15, 0.2) is 4.99 Å². The predicted molar refractivity (Wildman–Crippen MR) is 127 cm³/mol. The van der Waals surface area contributed by atoms with Crippen molar-refractivity contribution < 1.29 is 13.2 Å². The van der Waals surface area contributed by atoms with Crippen LogP contribution in [0.1, 0.15) is 41.0 Å². The Morgan fingerprint density at radius 3 is 2.32 bits per heavy atom. The molecule has 1 rings (SSSR count). The molecule has 0 saturated carbocycles. The Balaban J connectivity index is 0.00000729. The van der Waals surface area contributed by atoms with Crippen LogP contribution in [-0.4, -0.2) is 83.1 Å². The van der Waals surface area contributed by atoms with Gasteiger partial charge in [-0.05, 0) is 33.1 Å². The van der Waals surface area contributed by atoms with Gasteiger partial charge in [-0.2, -0.15) is 0 Å². The van der Waals surface area contributed by atoms with Crippen LogP contribution < -0.4 is 15.4 Å². The van der Waals surface area contributed by atoms with Crippen molar-refractivity contribution in [3.05, 3.63) is 0 Å². The van der Waals surface area contributed by atoms with E-state index in [0.29, 0.717) is 24.5 Å². The number of ether oxygens (including phenoxy) is 1. The van der Waals surface area contributed by atoms with Crippen LogP contribution in [0.4, 0.5) is 0 Å². The van der Waals surface area contributed by atoms with Crippen LogP contribution in [-0.2, 0) is 14.8 Å². The highest BCUT2D eigenvalue weighted by Crippen LogP contribution is 2.13. The van der Waals surface area contributed by atoms with Crippen LogP contribution >= 0.6 is 24.0 Å². The molecule has 1 fully saturated rings. The molecule has 0 aromatic carbocycles. The van der Waals surface area contributed by atoms with Gasteiger partial charge in [-0.25, -0.2) is 13.1 Å². The zero-order valence-electron chi connectivity index (χ0n) is 18.2. The highest BCUT2D eigenvalue weighted by Gasteiger charge is 2.24. The summed E-state index contributed by atoms with van der Waals surface area (Å²) in [6, 6.07) is 0.417. The maximum Gasteiger partial charge on any atom is 0.209 e. The third-order valence-electron chi connectivity index (χ3n) is 4.25. The van der Waals surface area contributed by atoms with Gasteiger partial charge < -0.3 is 15.4 Å². The van der Waals surface area contributed by atoms with Gasteiger partial charge in [-0.3, -0.25) is 9.89 Å². The van der Waals surface area contributed by atoms with Crippen molar-refractivity contribution in [2.45, 2.75) is 52.6 Å². The SMILES string of the molecule is CCNC(=NCC(C)(C)NS(C)(=O)=O)NCC(CC(C)C)N1CCOCC1.I. The summed E-state index contributed by atoms with van der Waals surface area (Å²) in [5.41, 5.74) is -0.641. The van der Waals surface area contributed by atoms with Crippen LogP contribution in [0.3, 0.4) is 0 Å². The lowest BCUT2D eigenvalue weighted by Gasteiger charge is -2.36. The standard InChI is InChI=1S/C18H39N5O3S.HI/c1-7-19-17(21-14-18(4,5)22-27(6,24)25)20-13-16(12-15(2)3)23-8-10-26-11-9-23;/h15-16,22H,7-14H2,1-6H3,(H2,19,20,21);1H. The minimum atomic E-state index is -3.27. The van der Waals surface area contributed by atoms with Gasteiger partial charge >= 0.3 is 0 Å². The second-order valence-electron chi connectivity index (χ2n) is 8.27. The van der Waals surface area contributed by atoms with E-state index in [2.05, 4.69) is 39.1 Å². The number of nitrogens with zero attached hydrogens (tertiary/aromatic N) is 2. The van der Waals surface area contributed by atoms with E-state index in [-0.39, 0.29) is 24.0 Å². The van der Waals surface area contributed by atoms with Crippen LogP contribution in [0.2, 0.25) is 0 Å². The van der Waals surface area contributed by atoms with Crippen molar-refractivity contribution in [3.63, 3.8) is 0 Å².